The maximum atomic E-state index is 10.7. The van der Waals surface area contributed by atoms with E-state index >= 15 is 0 Å². The molecule has 3 nitrogen and oxygen atoms in total. The molecule has 1 aliphatic heterocycles. The molecule has 0 spiro atoms. The number of nitrogens with zero attached hydrogens (tertiary/aromatic N) is 1. The van der Waals surface area contributed by atoms with E-state index in [2.05, 4.69) is 11.8 Å². The van der Waals surface area contributed by atoms with Crippen molar-refractivity contribution in [3.63, 3.8) is 0 Å². The molecule has 104 valence electrons. The molecule has 1 aromatic carbocycles. The topological polar surface area (TPSA) is 29.5 Å². The average Bonchev–Trinajstić information content (AvgIpc) is 2.49. The molecule has 1 aliphatic rings. The van der Waals surface area contributed by atoms with Crippen molar-refractivity contribution in [3.05, 3.63) is 29.8 Å². The minimum absolute atomic E-state index is 0.428. The molecular weight excluding hydrogens is 238 g/mol. The van der Waals surface area contributed by atoms with Gasteiger partial charge in [0, 0.05) is 30.9 Å². The van der Waals surface area contributed by atoms with Crippen molar-refractivity contribution in [3.8, 4) is 0 Å². The van der Waals surface area contributed by atoms with Crippen LogP contribution in [0.4, 0.5) is 5.69 Å². The van der Waals surface area contributed by atoms with E-state index in [1.807, 2.05) is 24.3 Å². The fraction of sp³-hybridized carbons (Fsp3) is 0.562. The maximum absolute atomic E-state index is 10.7. The molecule has 1 heterocycles. The fourth-order valence-corrected chi connectivity index (χ4v) is 2.57. The quantitative estimate of drug-likeness (QED) is 0.736. The van der Waals surface area contributed by atoms with Crippen molar-refractivity contribution in [2.45, 2.75) is 38.7 Å². The number of hydrogen-bond donors (Lipinski definition) is 0. The summed E-state index contributed by atoms with van der Waals surface area (Å²) in [5.74, 6) is 0. The Bertz CT molecular complexity index is 382. The van der Waals surface area contributed by atoms with Crippen molar-refractivity contribution in [2.24, 2.45) is 0 Å². The summed E-state index contributed by atoms with van der Waals surface area (Å²) < 4.78 is 5.77. The third kappa shape index (κ3) is 4.06. The predicted octanol–water partition coefficient (Wildman–Crippen LogP) is 3.28. The molecule has 0 aliphatic carbocycles. The third-order valence-electron chi connectivity index (χ3n) is 3.77. The van der Waals surface area contributed by atoms with Gasteiger partial charge in [0.25, 0.3) is 0 Å². The highest BCUT2D eigenvalue weighted by Crippen LogP contribution is 2.19. The average molecular weight is 261 g/mol. The number of rotatable bonds is 6. The van der Waals surface area contributed by atoms with Gasteiger partial charge in [0.15, 0.2) is 0 Å². The zero-order chi connectivity index (χ0) is 13.5. The van der Waals surface area contributed by atoms with E-state index in [9.17, 15) is 4.79 Å². The van der Waals surface area contributed by atoms with E-state index in [1.165, 1.54) is 24.9 Å². The summed E-state index contributed by atoms with van der Waals surface area (Å²) in [4.78, 5) is 13.0. The highest BCUT2D eigenvalue weighted by atomic mass is 16.5. The molecule has 0 N–H and O–H groups in total. The fourth-order valence-electron chi connectivity index (χ4n) is 2.57. The van der Waals surface area contributed by atoms with Gasteiger partial charge >= 0.3 is 0 Å². The van der Waals surface area contributed by atoms with Crippen LogP contribution in [0.15, 0.2) is 24.3 Å². The number of anilines is 1. The number of aldehydes is 1. The Balaban J connectivity index is 1.89. The molecule has 3 heteroatoms. The summed E-state index contributed by atoms with van der Waals surface area (Å²) in [6.45, 7) is 5.08. The molecule has 0 radical (unpaired) electrons. The highest BCUT2D eigenvalue weighted by molar-refractivity contribution is 5.75. The molecule has 1 fully saturated rings. The number of benzene rings is 1. The molecule has 19 heavy (non-hydrogen) atoms. The van der Waals surface area contributed by atoms with Gasteiger partial charge in [-0.2, -0.15) is 0 Å². The Morgan fingerprint density at radius 1 is 1.32 bits per heavy atom. The number of hydrogen-bond acceptors (Lipinski definition) is 3. The van der Waals surface area contributed by atoms with Gasteiger partial charge in [-0.15, -0.1) is 0 Å². The first-order valence-corrected chi connectivity index (χ1v) is 7.25. The van der Waals surface area contributed by atoms with Gasteiger partial charge in [-0.3, -0.25) is 4.79 Å². The van der Waals surface area contributed by atoms with Crippen LogP contribution >= 0.6 is 0 Å². The van der Waals surface area contributed by atoms with Crippen molar-refractivity contribution in [1.29, 1.82) is 0 Å². The van der Waals surface area contributed by atoms with Crippen molar-refractivity contribution in [1.82, 2.24) is 0 Å². The van der Waals surface area contributed by atoms with Crippen LogP contribution < -0.4 is 4.90 Å². The zero-order valence-electron chi connectivity index (χ0n) is 11.7. The molecule has 1 saturated heterocycles. The second kappa shape index (κ2) is 7.29. The first kappa shape index (κ1) is 14.1. The van der Waals surface area contributed by atoms with Crippen LogP contribution in [0.5, 0.6) is 0 Å². The van der Waals surface area contributed by atoms with Crippen molar-refractivity contribution < 1.29 is 9.53 Å². The normalized spacial score (nSPS) is 19.1. The van der Waals surface area contributed by atoms with Gasteiger partial charge in [0.05, 0.1) is 6.10 Å². The highest BCUT2D eigenvalue weighted by Gasteiger charge is 2.15. The summed E-state index contributed by atoms with van der Waals surface area (Å²) in [6, 6.07) is 7.80. The lowest BCUT2D eigenvalue weighted by Gasteiger charge is -2.28. The molecule has 2 rings (SSSR count). The van der Waals surface area contributed by atoms with Gasteiger partial charge < -0.3 is 9.64 Å². The molecular formula is C16H23NO2. The first-order valence-electron chi connectivity index (χ1n) is 7.25. The molecule has 1 aromatic rings. The molecule has 1 unspecified atom stereocenters. The SMILES string of the molecule is CCN(CCC1CCCCO1)c1ccc(C=O)cc1. The summed E-state index contributed by atoms with van der Waals surface area (Å²) in [5.41, 5.74) is 1.92. The van der Waals surface area contributed by atoms with E-state index < -0.39 is 0 Å². The van der Waals surface area contributed by atoms with E-state index in [-0.39, 0.29) is 0 Å². The first-order chi connectivity index (χ1) is 9.33. The van der Waals surface area contributed by atoms with Gasteiger partial charge in [0.1, 0.15) is 6.29 Å². The van der Waals surface area contributed by atoms with E-state index in [1.54, 1.807) is 0 Å². The van der Waals surface area contributed by atoms with Gasteiger partial charge in [0.2, 0.25) is 0 Å². The zero-order valence-corrected chi connectivity index (χ0v) is 11.7. The Kier molecular flexibility index (Phi) is 5.40. The molecule has 1 atom stereocenters. The van der Waals surface area contributed by atoms with Gasteiger partial charge in [-0.1, -0.05) is 0 Å². The van der Waals surface area contributed by atoms with E-state index in [4.69, 9.17) is 4.74 Å². The second-order valence-electron chi connectivity index (χ2n) is 5.07. The lowest BCUT2D eigenvalue weighted by atomic mass is 10.1. The van der Waals surface area contributed by atoms with Crippen LogP contribution in [0.1, 0.15) is 43.0 Å². The van der Waals surface area contributed by atoms with Crippen LogP contribution in [0, 0.1) is 0 Å². The van der Waals surface area contributed by atoms with Crippen LogP contribution in [0.25, 0.3) is 0 Å². The standard InChI is InChI=1S/C16H23NO2/c1-2-17(11-10-16-5-3-4-12-19-16)15-8-6-14(13-18)7-9-15/h6-9,13,16H,2-5,10-12H2,1H3. The van der Waals surface area contributed by atoms with E-state index in [0.29, 0.717) is 6.10 Å². The monoisotopic (exact) mass is 261 g/mol. The summed E-state index contributed by atoms with van der Waals surface area (Å²) in [6.07, 6.45) is 6.10. The maximum Gasteiger partial charge on any atom is 0.150 e. The van der Waals surface area contributed by atoms with Crippen LogP contribution in [-0.4, -0.2) is 32.1 Å². The van der Waals surface area contributed by atoms with Crippen LogP contribution in [0.2, 0.25) is 0 Å². The summed E-state index contributed by atoms with van der Waals surface area (Å²) in [5, 5.41) is 0. The Morgan fingerprint density at radius 3 is 2.68 bits per heavy atom. The van der Waals surface area contributed by atoms with E-state index in [0.717, 1.165) is 38.0 Å². The summed E-state index contributed by atoms with van der Waals surface area (Å²) >= 11 is 0. The predicted molar refractivity (Wildman–Crippen MR) is 77.9 cm³/mol. The van der Waals surface area contributed by atoms with Gasteiger partial charge in [-0.05, 0) is 56.9 Å². The van der Waals surface area contributed by atoms with Crippen LogP contribution in [-0.2, 0) is 4.74 Å². The van der Waals surface area contributed by atoms with Crippen molar-refractivity contribution >= 4 is 12.0 Å². The largest absolute Gasteiger partial charge is 0.378 e. The Morgan fingerprint density at radius 2 is 2.11 bits per heavy atom. The lowest BCUT2D eigenvalue weighted by molar-refractivity contribution is 0.0125. The molecule has 0 aromatic heterocycles. The Labute approximate surface area is 115 Å². The minimum Gasteiger partial charge on any atom is -0.378 e. The second-order valence-corrected chi connectivity index (χ2v) is 5.07. The summed E-state index contributed by atoms with van der Waals surface area (Å²) in [7, 11) is 0. The smallest absolute Gasteiger partial charge is 0.150 e. The molecule has 0 saturated carbocycles. The third-order valence-corrected chi connectivity index (χ3v) is 3.77. The van der Waals surface area contributed by atoms with Gasteiger partial charge in [-0.25, -0.2) is 0 Å². The number of carbonyl (C=O) groups excluding carboxylic acids is 1. The number of ether oxygens (including phenoxy) is 1. The number of carbonyl (C=O) groups is 1. The van der Waals surface area contributed by atoms with Crippen LogP contribution in [0.3, 0.4) is 0 Å². The Hall–Kier alpha value is -1.35. The minimum atomic E-state index is 0.428. The molecule has 0 amide bonds. The molecule has 0 bridgehead atoms. The lowest BCUT2D eigenvalue weighted by Crippen LogP contribution is -2.29. The van der Waals surface area contributed by atoms with Crippen molar-refractivity contribution in [2.75, 3.05) is 24.6 Å².